The van der Waals surface area contributed by atoms with Gasteiger partial charge in [-0.2, -0.15) is 0 Å². The van der Waals surface area contributed by atoms with Crippen LogP contribution in [0.4, 0.5) is 5.69 Å². The largest absolute Gasteiger partial charge is 0.472 e. The Kier molecular flexibility index (Phi) is 4.92. The normalized spacial score (nSPS) is 16.7. The highest BCUT2D eigenvalue weighted by atomic mass is 16.6. The van der Waals surface area contributed by atoms with E-state index in [0.29, 0.717) is 24.5 Å². The van der Waals surface area contributed by atoms with Gasteiger partial charge >= 0.3 is 0 Å². The summed E-state index contributed by atoms with van der Waals surface area (Å²) < 4.78 is 5.84. The van der Waals surface area contributed by atoms with Gasteiger partial charge in [-0.05, 0) is 13.0 Å². The fourth-order valence-electron chi connectivity index (χ4n) is 2.92. The Morgan fingerprint density at radius 2 is 2.12 bits per heavy atom. The summed E-state index contributed by atoms with van der Waals surface area (Å²) in [5.41, 5.74) is 1.29. The van der Waals surface area contributed by atoms with E-state index in [0.717, 1.165) is 12.1 Å². The van der Waals surface area contributed by atoms with Gasteiger partial charge in [0.1, 0.15) is 6.10 Å². The second kappa shape index (κ2) is 7.29. The summed E-state index contributed by atoms with van der Waals surface area (Å²) in [7, 11) is 0. The van der Waals surface area contributed by atoms with Crippen LogP contribution in [0.1, 0.15) is 17.7 Å². The number of nitrogens with zero attached hydrogens (tertiary/aromatic N) is 3. The smallest absolute Gasteiger partial charge is 0.273 e. The van der Waals surface area contributed by atoms with E-state index in [9.17, 15) is 14.9 Å². The topological polar surface area (TPSA) is 85.6 Å². The van der Waals surface area contributed by atoms with Gasteiger partial charge in [0.2, 0.25) is 11.8 Å². The third-order valence-corrected chi connectivity index (χ3v) is 4.18. The predicted octanol–water partition coefficient (Wildman–Crippen LogP) is 2.52. The summed E-state index contributed by atoms with van der Waals surface area (Å²) in [5.74, 6) is 0.426. The van der Waals surface area contributed by atoms with Crippen LogP contribution in [0.5, 0.6) is 5.88 Å². The number of nitro benzene ring substituents is 1. The molecule has 0 bridgehead atoms. The second-order valence-corrected chi connectivity index (χ2v) is 6.05. The lowest BCUT2D eigenvalue weighted by Gasteiger charge is -2.17. The van der Waals surface area contributed by atoms with Crippen molar-refractivity contribution in [1.82, 2.24) is 9.88 Å². The van der Waals surface area contributed by atoms with Gasteiger partial charge in [0.25, 0.3) is 5.69 Å². The number of hydrogen-bond donors (Lipinski definition) is 0. The highest BCUT2D eigenvalue weighted by Gasteiger charge is 2.29. The number of hydrogen-bond acceptors (Lipinski definition) is 5. The number of carbonyl (C=O) groups excluding carboxylic acids is 1. The molecule has 0 saturated carbocycles. The minimum absolute atomic E-state index is 0.0204. The van der Waals surface area contributed by atoms with Crippen LogP contribution in [0.2, 0.25) is 0 Å². The monoisotopic (exact) mass is 341 g/mol. The number of nitro groups is 1. The van der Waals surface area contributed by atoms with Crippen molar-refractivity contribution in [2.24, 2.45) is 0 Å². The van der Waals surface area contributed by atoms with E-state index in [-0.39, 0.29) is 24.1 Å². The lowest BCUT2D eigenvalue weighted by atomic mass is 10.1. The first kappa shape index (κ1) is 16.9. The van der Waals surface area contributed by atoms with Gasteiger partial charge in [-0.3, -0.25) is 14.9 Å². The Balaban J connectivity index is 1.60. The van der Waals surface area contributed by atoms with Crippen LogP contribution in [0.25, 0.3) is 0 Å². The summed E-state index contributed by atoms with van der Waals surface area (Å²) in [4.78, 5) is 29.1. The molecule has 1 aliphatic rings. The van der Waals surface area contributed by atoms with E-state index in [1.807, 2.05) is 19.1 Å². The molecular formula is C18H19N3O4. The number of aryl methyl sites for hydroxylation is 1. The van der Waals surface area contributed by atoms with Crippen LogP contribution in [0.15, 0.2) is 42.5 Å². The molecule has 3 rings (SSSR count). The third kappa shape index (κ3) is 4.12. The van der Waals surface area contributed by atoms with Crippen molar-refractivity contribution in [1.29, 1.82) is 0 Å². The maximum absolute atomic E-state index is 12.5. The van der Waals surface area contributed by atoms with Crippen LogP contribution in [0.3, 0.4) is 0 Å². The Bertz CT molecular complexity index is 793. The zero-order valence-corrected chi connectivity index (χ0v) is 13.9. The fourth-order valence-corrected chi connectivity index (χ4v) is 2.92. The Labute approximate surface area is 145 Å². The van der Waals surface area contributed by atoms with Crippen LogP contribution >= 0.6 is 0 Å². The standard InChI is InChI=1S/C18H19N3O4/c1-13-5-4-8-17(19-13)25-15-9-10-20(12-15)18(22)11-14-6-2-3-7-16(14)21(23)24/h2-8,15H,9-12H2,1H3. The average molecular weight is 341 g/mol. The van der Waals surface area contributed by atoms with Crippen LogP contribution in [-0.2, 0) is 11.2 Å². The molecular weight excluding hydrogens is 322 g/mol. The molecule has 0 aliphatic carbocycles. The number of amides is 1. The second-order valence-electron chi connectivity index (χ2n) is 6.05. The van der Waals surface area contributed by atoms with E-state index >= 15 is 0 Å². The predicted molar refractivity (Wildman–Crippen MR) is 91.4 cm³/mol. The summed E-state index contributed by atoms with van der Waals surface area (Å²) >= 11 is 0. The minimum Gasteiger partial charge on any atom is -0.472 e. The summed E-state index contributed by atoms with van der Waals surface area (Å²) in [6.45, 7) is 2.94. The Morgan fingerprint density at radius 1 is 1.32 bits per heavy atom. The molecule has 0 spiro atoms. The van der Waals surface area contributed by atoms with Gasteiger partial charge in [-0.15, -0.1) is 0 Å². The SMILES string of the molecule is Cc1cccc(OC2CCN(C(=O)Cc3ccccc3[N+](=O)[O-])C2)n1. The van der Waals surface area contributed by atoms with Gasteiger partial charge in [-0.1, -0.05) is 24.3 Å². The first-order valence-electron chi connectivity index (χ1n) is 8.13. The van der Waals surface area contributed by atoms with Gasteiger partial charge in [0.15, 0.2) is 0 Å². The molecule has 2 heterocycles. The van der Waals surface area contributed by atoms with Crippen molar-refractivity contribution in [3.05, 3.63) is 63.8 Å². The fraction of sp³-hybridized carbons (Fsp3) is 0.333. The van der Waals surface area contributed by atoms with Gasteiger partial charge in [-0.25, -0.2) is 4.98 Å². The first-order valence-corrected chi connectivity index (χ1v) is 8.13. The van der Waals surface area contributed by atoms with Crippen molar-refractivity contribution >= 4 is 11.6 Å². The molecule has 0 radical (unpaired) electrons. The van der Waals surface area contributed by atoms with Crippen molar-refractivity contribution in [2.75, 3.05) is 13.1 Å². The van der Waals surface area contributed by atoms with E-state index < -0.39 is 4.92 Å². The number of carbonyl (C=O) groups is 1. The molecule has 7 heteroatoms. The van der Waals surface area contributed by atoms with Crippen LogP contribution in [-0.4, -0.2) is 39.9 Å². The quantitative estimate of drug-likeness (QED) is 0.616. The first-order chi connectivity index (χ1) is 12.0. The van der Waals surface area contributed by atoms with Crippen molar-refractivity contribution in [2.45, 2.75) is 25.9 Å². The molecule has 2 aromatic rings. The van der Waals surface area contributed by atoms with Crippen LogP contribution in [0, 0.1) is 17.0 Å². The zero-order valence-electron chi connectivity index (χ0n) is 13.9. The summed E-state index contributed by atoms with van der Waals surface area (Å²) in [6, 6.07) is 11.9. The third-order valence-electron chi connectivity index (χ3n) is 4.18. The van der Waals surface area contributed by atoms with E-state index in [1.165, 1.54) is 6.07 Å². The van der Waals surface area contributed by atoms with E-state index in [1.54, 1.807) is 29.2 Å². The highest BCUT2D eigenvalue weighted by molar-refractivity contribution is 5.80. The number of likely N-dealkylation sites (tertiary alicyclic amines) is 1. The molecule has 1 fully saturated rings. The Morgan fingerprint density at radius 3 is 2.88 bits per heavy atom. The van der Waals surface area contributed by atoms with Crippen molar-refractivity contribution in [3.8, 4) is 5.88 Å². The Hall–Kier alpha value is -2.96. The summed E-state index contributed by atoms with van der Waals surface area (Å²) in [5, 5.41) is 11.1. The van der Waals surface area contributed by atoms with Gasteiger partial charge in [0, 0.05) is 36.4 Å². The molecule has 1 aromatic carbocycles. The van der Waals surface area contributed by atoms with E-state index in [2.05, 4.69) is 4.98 Å². The molecule has 0 N–H and O–H groups in total. The highest BCUT2D eigenvalue weighted by Crippen LogP contribution is 2.21. The maximum Gasteiger partial charge on any atom is 0.273 e. The molecule has 1 amide bonds. The number of aromatic nitrogens is 1. The maximum atomic E-state index is 12.5. The molecule has 25 heavy (non-hydrogen) atoms. The van der Waals surface area contributed by atoms with Gasteiger partial charge < -0.3 is 9.64 Å². The molecule has 1 saturated heterocycles. The number of benzene rings is 1. The zero-order chi connectivity index (χ0) is 17.8. The molecule has 1 aromatic heterocycles. The number of rotatable bonds is 5. The van der Waals surface area contributed by atoms with Crippen molar-refractivity contribution < 1.29 is 14.5 Å². The summed E-state index contributed by atoms with van der Waals surface area (Å²) in [6.07, 6.45) is 0.633. The van der Waals surface area contributed by atoms with Gasteiger partial charge in [0.05, 0.1) is 17.9 Å². The molecule has 130 valence electrons. The molecule has 7 nitrogen and oxygen atoms in total. The minimum atomic E-state index is -0.456. The van der Waals surface area contributed by atoms with Crippen LogP contribution < -0.4 is 4.74 Å². The number of ether oxygens (including phenoxy) is 1. The lowest BCUT2D eigenvalue weighted by molar-refractivity contribution is -0.385. The molecule has 1 atom stereocenters. The lowest BCUT2D eigenvalue weighted by Crippen LogP contribution is -2.32. The number of pyridine rings is 1. The molecule has 1 unspecified atom stereocenters. The van der Waals surface area contributed by atoms with Crippen molar-refractivity contribution in [3.63, 3.8) is 0 Å². The number of para-hydroxylation sites is 1. The van der Waals surface area contributed by atoms with E-state index in [4.69, 9.17) is 4.74 Å². The average Bonchev–Trinajstić information content (AvgIpc) is 3.04. The molecule has 1 aliphatic heterocycles.